The third-order valence-corrected chi connectivity index (χ3v) is 5.83. The molecule has 1 fully saturated rings. The van der Waals surface area contributed by atoms with Gasteiger partial charge in [-0.15, -0.1) is 0 Å². The van der Waals surface area contributed by atoms with E-state index in [4.69, 9.17) is 21.1 Å². The van der Waals surface area contributed by atoms with Gasteiger partial charge in [-0.2, -0.15) is 0 Å². The molecule has 1 aliphatic rings. The molecule has 0 radical (unpaired) electrons. The molecule has 8 heteroatoms. The van der Waals surface area contributed by atoms with Gasteiger partial charge < -0.3 is 19.7 Å². The Morgan fingerprint density at radius 2 is 1.69 bits per heavy atom. The maximum Gasteiger partial charge on any atom is 0.238 e. The minimum atomic E-state index is -0.160. The van der Waals surface area contributed by atoms with Crippen LogP contribution in [0.15, 0.2) is 42.5 Å². The molecule has 3 rings (SSSR count). The van der Waals surface area contributed by atoms with Gasteiger partial charge in [-0.3, -0.25) is 14.5 Å². The number of anilines is 1. The lowest BCUT2D eigenvalue weighted by atomic mass is 10.1. The van der Waals surface area contributed by atoms with Crippen LogP contribution in [0.5, 0.6) is 11.5 Å². The molecule has 7 nitrogen and oxygen atoms in total. The molecule has 0 aliphatic carbocycles. The Hall–Kier alpha value is -2.77. The molecular formula is C24H30ClN3O4. The highest BCUT2D eigenvalue weighted by Gasteiger charge is 2.22. The zero-order valence-corrected chi connectivity index (χ0v) is 19.4. The summed E-state index contributed by atoms with van der Waals surface area (Å²) in [4.78, 5) is 29.0. The largest absolute Gasteiger partial charge is 0.495 e. The Morgan fingerprint density at radius 1 is 1.00 bits per heavy atom. The molecular weight excluding hydrogens is 430 g/mol. The third-order valence-electron chi connectivity index (χ3n) is 5.54. The van der Waals surface area contributed by atoms with Crippen LogP contribution in [-0.4, -0.2) is 68.6 Å². The molecule has 2 amide bonds. The van der Waals surface area contributed by atoms with E-state index in [1.54, 1.807) is 12.1 Å². The fraction of sp³-hybridized carbons (Fsp3) is 0.417. The van der Waals surface area contributed by atoms with Crippen LogP contribution in [0.4, 0.5) is 5.69 Å². The van der Waals surface area contributed by atoms with Crippen LogP contribution in [0.2, 0.25) is 5.02 Å². The molecule has 0 bridgehead atoms. The number of methoxy groups -OCH3 is 2. The first kappa shape index (κ1) is 23.9. The van der Waals surface area contributed by atoms with Gasteiger partial charge in [0.15, 0.2) is 0 Å². The molecule has 1 saturated heterocycles. The van der Waals surface area contributed by atoms with Gasteiger partial charge in [-0.25, -0.2) is 0 Å². The highest BCUT2D eigenvalue weighted by atomic mass is 35.5. The van der Waals surface area contributed by atoms with Gasteiger partial charge in [0, 0.05) is 38.7 Å². The second-order valence-electron chi connectivity index (χ2n) is 7.73. The first-order valence-corrected chi connectivity index (χ1v) is 11.1. The lowest BCUT2D eigenvalue weighted by Gasteiger charge is -2.34. The topological polar surface area (TPSA) is 71.1 Å². The standard InChI is InChI=1S/C24H30ClN3O4/c1-31-21-16-22(32-2)20(15-19(21)25)26-23(29)17-27-11-13-28(14-12-27)24(30)10-6-9-18-7-4-3-5-8-18/h3-5,7-8,15-16H,6,9-14,17H2,1-2H3,(H,26,29). The minimum Gasteiger partial charge on any atom is -0.495 e. The maximum absolute atomic E-state index is 12.5. The van der Waals surface area contributed by atoms with E-state index in [0.717, 1.165) is 12.8 Å². The number of carbonyl (C=O) groups is 2. The van der Waals surface area contributed by atoms with Crippen LogP contribution >= 0.6 is 11.6 Å². The van der Waals surface area contributed by atoms with Gasteiger partial charge in [0.05, 0.1) is 31.5 Å². The zero-order chi connectivity index (χ0) is 22.9. The van der Waals surface area contributed by atoms with E-state index in [9.17, 15) is 9.59 Å². The first-order valence-electron chi connectivity index (χ1n) is 10.8. The number of carbonyl (C=O) groups excluding carboxylic acids is 2. The van der Waals surface area contributed by atoms with Crippen molar-refractivity contribution in [3.63, 3.8) is 0 Å². The van der Waals surface area contributed by atoms with Crippen molar-refractivity contribution < 1.29 is 19.1 Å². The van der Waals surface area contributed by atoms with Crippen molar-refractivity contribution in [2.75, 3.05) is 52.3 Å². The molecule has 2 aromatic rings. The third kappa shape index (κ3) is 6.61. The number of hydrogen-bond donors (Lipinski definition) is 1. The van der Waals surface area contributed by atoms with Crippen LogP contribution in [0.3, 0.4) is 0 Å². The summed E-state index contributed by atoms with van der Waals surface area (Å²) in [5.74, 6) is 0.978. The van der Waals surface area contributed by atoms with Gasteiger partial charge in [-0.1, -0.05) is 41.9 Å². The lowest BCUT2D eigenvalue weighted by molar-refractivity contribution is -0.133. The average molecular weight is 460 g/mol. The number of aryl methyl sites for hydroxylation is 1. The number of hydrogen-bond acceptors (Lipinski definition) is 5. The van der Waals surface area contributed by atoms with Gasteiger partial charge in [-0.05, 0) is 24.5 Å². The van der Waals surface area contributed by atoms with Crippen molar-refractivity contribution in [3.8, 4) is 11.5 Å². The van der Waals surface area contributed by atoms with Crippen molar-refractivity contribution in [2.45, 2.75) is 19.3 Å². The summed E-state index contributed by atoms with van der Waals surface area (Å²) < 4.78 is 10.5. The minimum absolute atomic E-state index is 0.160. The van der Waals surface area contributed by atoms with E-state index >= 15 is 0 Å². The molecule has 1 heterocycles. The molecule has 0 atom stereocenters. The average Bonchev–Trinajstić information content (AvgIpc) is 2.80. The van der Waals surface area contributed by atoms with Crippen LogP contribution in [-0.2, 0) is 16.0 Å². The lowest BCUT2D eigenvalue weighted by Crippen LogP contribution is -2.50. The SMILES string of the molecule is COc1cc(OC)c(NC(=O)CN2CCN(C(=O)CCCc3ccccc3)CC2)cc1Cl. The van der Waals surface area contributed by atoms with Crippen molar-refractivity contribution >= 4 is 29.1 Å². The number of halogens is 1. The molecule has 0 spiro atoms. The summed E-state index contributed by atoms with van der Waals surface area (Å²) in [5, 5.41) is 3.24. The Kier molecular flexibility index (Phi) is 8.76. The van der Waals surface area contributed by atoms with Crippen LogP contribution < -0.4 is 14.8 Å². The Bertz CT molecular complexity index is 915. The number of ether oxygens (including phenoxy) is 2. The maximum atomic E-state index is 12.5. The van der Waals surface area contributed by atoms with Crippen LogP contribution in [0, 0.1) is 0 Å². The molecule has 2 aromatic carbocycles. The van der Waals surface area contributed by atoms with Gasteiger partial charge in [0.1, 0.15) is 11.5 Å². The summed E-state index contributed by atoms with van der Waals surface area (Å²) >= 11 is 6.17. The molecule has 172 valence electrons. The second-order valence-corrected chi connectivity index (χ2v) is 8.14. The number of piperazine rings is 1. The number of rotatable bonds is 9. The van der Waals surface area contributed by atoms with Gasteiger partial charge in [0.2, 0.25) is 11.8 Å². The van der Waals surface area contributed by atoms with E-state index < -0.39 is 0 Å². The molecule has 1 N–H and O–H groups in total. The predicted molar refractivity (Wildman–Crippen MR) is 126 cm³/mol. The van der Waals surface area contributed by atoms with Crippen LogP contribution in [0.25, 0.3) is 0 Å². The fourth-order valence-corrected chi connectivity index (χ4v) is 3.99. The Labute approximate surface area is 194 Å². The van der Waals surface area contributed by atoms with Crippen molar-refractivity contribution in [3.05, 3.63) is 53.1 Å². The first-order chi connectivity index (χ1) is 15.5. The molecule has 0 saturated carbocycles. The highest BCUT2D eigenvalue weighted by molar-refractivity contribution is 6.32. The van der Waals surface area contributed by atoms with E-state index in [0.29, 0.717) is 54.8 Å². The molecule has 0 unspecified atom stereocenters. The molecule has 1 aliphatic heterocycles. The predicted octanol–water partition coefficient (Wildman–Crippen LogP) is 3.46. The second kappa shape index (κ2) is 11.7. The summed E-state index contributed by atoms with van der Waals surface area (Å²) in [6.07, 6.45) is 2.30. The van der Waals surface area contributed by atoms with E-state index in [-0.39, 0.29) is 18.4 Å². The normalized spacial score (nSPS) is 14.2. The number of nitrogens with zero attached hydrogens (tertiary/aromatic N) is 2. The summed E-state index contributed by atoms with van der Waals surface area (Å²) in [5.41, 5.74) is 1.75. The Balaban J connectivity index is 1.42. The number of benzene rings is 2. The monoisotopic (exact) mass is 459 g/mol. The van der Waals surface area contributed by atoms with E-state index in [1.807, 2.05) is 28.0 Å². The van der Waals surface area contributed by atoms with Crippen molar-refractivity contribution in [2.24, 2.45) is 0 Å². The van der Waals surface area contributed by atoms with E-state index in [2.05, 4.69) is 17.4 Å². The van der Waals surface area contributed by atoms with Gasteiger partial charge in [0.25, 0.3) is 0 Å². The summed E-state index contributed by atoms with van der Waals surface area (Å²) in [6, 6.07) is 13.5. The fourth-order valence-electron chi connectivity index (χ4n) is 3.75. The highest BCUT2D eigenvalue weighted by Crippen LogP contribution is 2.35. The summed E-state index contributed by atoms with van der Waals surface area (Å²) in [7, 11) is 3.04. The number of amides is 2. The van der Waals surface area contributed by atoms with Crippen LogP contribution in [0.1, 0.15) is 18.4 Å². The van der Waals surface area contributed by atoms with E-state index in [1.165, 1.54) is 19.8 Å². The van der Waals surface area contributed by atoms with Crippen molar-refractivity contribution in [1.29, 1.82) is 0 Å². The van der Waals surface area contributed by atoms with Gasteiger partial charge >= 0.3 is 0 Å². The quantitative estimate of drug-likeness (QED) is 0.621. The number of nitrogens with one attached hydrogen (secondary N) is 1. The zero-order valence-electron chi connectivity index (χ0n) is 18.6. The Morgan fingerprint density at radius 3 is 2.34 bits per heavy atom. The molecule has 0 aromatic heterocycles. The summed E-state index contributed by atoms with van der Waals surface area (Å²) in [6.45, 7) is 2.84. The smallest absolute Gasteiger partial charge is 0.238 e. The molecule has 32 heavy (non-hydrogen) atoms. The van der Waals surface area contributed by atoms with Crippen molar-refractivity contribution in [1.82, 2.24) is 9.80 Å².